The van der Waals surface area contributed by atoms with Gasteiger partial charge in [-0.15, -0.1) is 0 Å². The van der Waals surface area contributed by atoms with Crippen LogP contribution in [-0.4, -0.2) is 65.8 Å². The average molecular weight is 496 g/mol. The van der Waals surface area contributed by atoms with Crippen molar-refractivity contribution in [2.24, 2.45) is 0 Å². The number of fused-ring (bicyclic) bond motifs is 1. The van der Waals surface area contributed by atoms with Crippen LogP contribution in [0, 0.1) is 11.3 Å². The van der Waals surface area contributed by atoms with E-state index >= 15 is 0 Å². The maximum absolute atomic E-state index is 14.2. The summed E-state index contributed by atoms with van der Waals surface area (Å²) in [5, 5.41) is 40.2. The minimum absolute atomic E-state index is 0.0167. The van der Waals surface area contributed by atoms with Gasteiger partial charge in [0.2, 0.25) is 0 Å². The van der Waals surface area contributed by atoms with Crippen molar-refractivity contribution in [1.82, 2.24) is 25.1 Å². The van der Waals surface area contributed by atoms with E-state index in [-0.39, 0.29) is 18.2 Å². The second kappa shape index (κ2) is 9.79. The Hall–Kier alpha value is -3.62. The van der Waals surface area contributed by atoms with Crippen LogP contribution in [0.25, 0.3) is 16.9 Å². The number of nitrogens with one attached hydrogen (secondary N) is 2. The summed E-state index contributed by atoms with van der Waals surface area (Å²) in [6.07, 6.45) is 5.43. The van der Waals surface area contributed by atoms with Gasteiger partial charge in [-0.25, -0.2) is 14.4 Å². The van der Waals surface area contributed by atoms with E-state index < -0.39 is 23.3 Å². The number of nitrogens with zero attached hydrogens (tertiary/aromatic N) is 5. The molecule has 0 unspecified atom stereocenters. The van der Waals surface area contributed by atoms with Gasteiger partial charge in [0.1, 0.15) is 12.2 Å². The summed E-state index contributed by atoms with van der Waals surface area (Å²) in [5.74, 6) is -0.128. The molecule has 11 heteroatoms. The van der Waals surface area contributed by atoms with E-state index in [0.29, 0.717) is 53.8 Å². The van der Waals surface area contributed by atoms with E-state index in [0.717, 1.165) is 0 Å². The summed E-state index contributed by atoms with van der Waals surface area (Å²) in [6.45, 7) is 4.14. The second-order valence-electron chi connectivity index (χ2n) is 10.1. The van der Waals surface area contributed by atoms with Gasteiger partial charge < -0.3 is 20.8 Å². The lowest BCUT2D eigenvalue weighted by Crippen LogP contribution is -2.42. The molecular formula is C25H30FN7O3. The molecule has 1 amide bonds. The highest BCUT2D eigenvalue weighted by Crippen LogP contribution is 2.31. The summed E-state index contributed by atoms with van der Waals surface area (Å²) in [6, 6.07) is 5.42. The average Bonchev–Trinajstić information content (AvgIpc) is 3.26. The van der Waals surface area contributed by atoms with Gasteiger partial charge in [-0.1, -0.05) is 0 Å². The van der Waals surface area contributed by atoms with Crippen molar-refractivity contribution in [3.05, 3.63) is 41.9 Å². The monoisotopic (exact) mass is 495 g/mol. The smallest absolute Gasteiger partial charge is 0.255 e. The van der Waals surface area contributed by atoms with E-state index in [9.17, 15) is 19.4 Å². The van der Waals surface area contributed by atoms with Crippen LogP contribution in [0.15, 0.2) is 30.7 Å². The number of carbonyl (C=O) groups excluding carboxylic acids is 1. The van der Waals surface area contributed by atoms with Crippen LogP contribution in [-0.2, 0) is 0 Å². The van der Waals surface area contributed by atoms with Gasteiger partial charge in [0.05, 0.1) is 40.8 Å². The Bertz CT molecular complexity index is 1300. The molecule has 1 fully saturated rings. The normalized spacial score (nSPS) is 21.1. The van der Waals surface area contributed by atoms with Crippen LogP contribution >= 0.6 is 0 Å². The molecule has 3 heterocycles. The Balaban J connectivity index is 1.65. The Labute approximate surface area is 208 Å². The maximum Gasteiger partial charge on any atom is 0.255 e. The predicted molar refractivity (Wildman–Crippen MR) is 131 cm³/mol. The van der Waals surface area contributed by atoms with E-state index in [1.54, 1.807) is 18.3 Å². The van der Waals surface area contributed by atoms with Crippen molar-refractivity contribution in [3.63, 3.8) is 0 Å². The number of anilines is 1. The number of hydrogen-bond acceptors (Lipinski definition) is 8. The Kier molecular flexibility index (Phi) is 6.93. The van der Waals surface area contributed by atoms with Gasteiger partial charge in [-0.3, -0.25) is 4.79 Å². The Morgan fingerprint density at radius 3 is 2.69 bits per heavy atom. The zero-order valence-electron chi connectivity index (χ0n) is 20.5. The third-order valence-electron chi connectivity index (χ3n) is 6.52. The molecule has 1 saturated carbocycles. The van der Waals surface area contributed by atoms with Crippen LogP contribution in [0.5, 0.6) is 0 Å². The number of pyridine rings is 2. The van der Waals surface area contributed by atoms with Gasteiger partial charge in [0, 0.05) is 29.9 Å². The molecule has 1 atom stereocenters. The SMILES string of the molecule is CC(C)(O)[C@H](F)CNC(=O)c1cnc(-n2ncc3cc(C#N)cnc32)cc1N[C@H]1CC[C@](C)(O)CC1. The molecule has 3 aromatic heterocycles. The fourth-order valence-electron chi connectivity index (χ4n) is 4.14. The number of nitriles is 1. The van der Waals surface area contributed by atoms with Crippen LogP contribution in [0.2, 0.25) is 0 Å². The third-order valence-corrected chi connectivity index (χ3v) is 6.52. The largest absolute Gasteiger partial charge is 0.390 e. The topological polar surface area (TPSA) is 149 Å². The molecule has 4 rings (SSSR count). The molecule has 1 aliphatic carbocycles. The highest BCUT2D eigenvalue weighted by Gasteiger charge is 2.30. The number of rotatable bonds is 7. The minimum atomic E-state index is -1.65. The van der Waals surface area contributed by atoms with Crippen LogP contribution < -0.4 is 10.6 Å². The zero-order chi connectivity index (χ0) is 26.1. The lowest BCUT2D eigenvalue weighted by atomic mass is 9.83. The molecule has 0 aromatic carbocycles. The zero-order valence-corrected chi connectivity index (χ0v) is 20.5. The standard InChI is InChI=1S/C25H30FN7O3/c1-24(2,35)20(26)14-30-23(34)18-13-28-21(9-19(18)32-17-4-6-25(3,36)7-5-17)33-22-16(12-31-33)8-15(10-27)11-29-22/h8-9,11-13,17,20,35-36H,4-7,14H2,1-3H3,(H,28,32)(H,30,34)/t17-,20-,25-/m1/s1. The van der Waals surface area contributed by atoms with Gasteiger partial charge >= 0.3 is 0 Å². The second-order valence-corrected chi connectivity index (χ2v) is 10.1. The third kappa shape index (κ3) is 5.61. The molecule has 190 valence electrons. The molecule has 4 N–H and O–H groups in total. The van der Waals surface area contributed by atoms with E-state index in [1.807, 2.05) is 13.0 Å². The van der Waals surface area contributed by atoms with Crippen molar-refractivity contribution in [1.29, 1.82) is 5.26 Å². The highest BCUT2D eigenvalue weighted by molar-refractivity contribution is 5.99. The number of aromatic nitrogens is 4. The number of hydrogen-bond donors (Lipinski definition) is 4. The van der Waals surface area contributed by atoms with Crippen LogP contribution in [0.1, 0.15) is 62.4 Å². The fourth-order valence-corrected chi connectivity index (χ4v) is 4.14. The molecule has 0 aliphatic heterocycles. The number of aliphatic hydroxyl groups is 2. The van der Waals surface area contributed by atoms with E-state index in [1.165, 1.54) is 30.9 Å². The van der Waals surface area contributed by atoms with Crippen LogP contribution in [0.3, 0.4) is 0 Å². The summed E-state index contributed by atoms with van der Waals surface area (Å²) < 4.78 is 15.7. The van der Waals surface area contributed by atoms with E-state index in [2.05, 4.69) is 25.7 Å². The first-order chi connectivity index (χ1) is 17.0. The summed E-state index contributed by atoms with van der Waals surface area (Å²) >= 11 is 0. The highest BCUT2D eigenvalue weighted by atomic mass is 19.1. The molecule has 0 spiro atoms. The first-order valence-corrected chi connectivity index (χ1v) is 11.8. The molecule has 0 radical (unpaired) electrons. The predicted octanol–water partition coefficient (Wildman–Crippen LogP) is 2.63. The van der Waals surface area contributed by atoms with Crippen molar-refractivity contribution in [3.8, 4) is 11.9 Å². The molecule has 0 saturated heterocycles. The summed E-state index contributed by atoms with van der Waals surface area (Å²) in [4.78, 5) is 21.7. The van der Waals surface area contributed by atoms with Gasteiger partial charge in [0.15, 0.2) is 11.5 Å². The quantitative estimate of drug-likeness (QED) is 0.391. The molecule has 36 heavy (non-hydrogen) atoms. The number of alkyl halides is 1. The van der Waals surface area contributed by atoms with Crippen molar-refractivity contribution < 1.29 is 19.4 Å². The van der Waals surface area contributed by atoms with Gasteiger partial charge in [-0.05, 0) is 52.5 Å². The van der Waals surface area contributed by atoms with Crippen molar-refractivity contribution in [2.45, 2.75) is 69.9 Å². The van der Waals surface area contributed by atoms with Gasteiger partial charge in [0.25, 0.3) is 5.91 Å². The molecular weight excluding hydrogens is 465 g/mol. The summed E-state index contributed by atoms with van der Waals surface area (Å²) in [5.41, 5.74) is -0.680. The minimum Gasteiger partial charge on any atom is -0.390 e. The van der Waals surface area contributed by atoms with Crippen LogP contribution in [0.4, 0.5) is 10.1 Å². The molecule has 3 aromatic rings. The van der Waals surface area contributed by atoms with E-state index in [4.69, 9.17) is 5.26 Å². The molecule has 10 nitrogen and oxygen atoms in total. The Morgan fingerprint density at radius 1 is 1.31 bits per heavy atom. The van der Waals surface area contributed by atoms with Gasteiger partial charge in [-0.2, -0.15) is 15.0 Å². The number of halogens is 1. The van der Waals surface area contributed by atoms with Crippen molar-refractivity contribution >= 4 is 22.6 Å². The summed E-state index contributed by atoms with van der Waals surface area (Å²) in [7, 11) is 0. The fraction of sp³-hybridized carbons (Fsp3) is 0.480. The van der Waals surface area contributed by atoms with Crippen molar-refractivity contribution in [2.75, 3.05) is 11.9 Å². The lowest BCUT2D eigenvalue weighted by Gasteiger charge is -2.34. The molecule has 1 aliphatic rings. The molecule has 0 bridgehead atoms. The first-order valence-electron chi connectivity index (χ1n) is 11.8. The number of carbonyl (C=O) groups is 1. The Morgan fingerprint density at radius 2 is 2.03 bits per heavy atom. The maximum atomic E-state index is 14.2. The lowest BCUT2D eigenvalue weighted by molar-refractivity contribution is -0.00178. The number of amides is 1. The first kappa shape index (κ1) is 25.5.